The lowest BCUT2D eigenvalue weighted by Gasteiger charge is -2.24. The van der Waals surface area contributed by atoms with Gasteiger partial charge in [-0.1, -0.05) is 163 Å². The molecule has 18 nitrogen and oxygen atoms in total. The Morgan fingerprint density at radius 3 is 0.489 bits per heavy atom. The van der Waals surface area contributed by atoms with Gasteiger partial charge in [-0.05, 0) is 75.8 Å². The molecule has 0 bridgehead atoms. The average Bonchev–Trinajstić information content (AvgIpc) is 3.78. The standard InChI is InChI=1S/C76H138N6O12/c1(3-7-11-15-25-35-79-43-55-87-67-71-91-59-47-81(37-31-75-27-19-17-20-28-75)48-60-92-72-68-88-56-44-79)5-9-13-23-33-77-39-51-83-63-65-85-53-41-78(42-54-86-66-64-84-52-40-77)34-24-14-10-6-2-4-8-12-16-26-36-80-45-57-89-69-73-93-61-49-82(38-32-76-29-21-18-22-30-76)50-62-94-74-70-90-58-46-80/h17-22,27-30H,1-16,23-26,31-74H2. The van der Waals surface area contributed by atoms with Crippen LogP contribution in [0.25, 0.3) is 0 Å². The summed E-state index contributed by atoms with van der Waals surface area (Å²) < 4.78 is 72.2. The Morgan fingerprint density at radius 2 is 0.319 bits per heavy atom. The first-order valence-electron chi connectivity index (χ1n) is 38.1. The average molecular weight is 1330 g/mol. The van der Waals surface area contributed by atoms with Gasteiger partial charge in [0.15, 0.2) is 0 Å². The topological polar surface area (TPSA) is 130 Å². The molecule has 0 radical (unpaired) electrons. The van der Waals surface area contributed by atoms with E-state index < -0.39 is 0 Å². The van der Waals surface area contributed by atoms with Crippen molar-refractivity contribution in [2.75, 3.05) is 276 Å². The minimum Gasteiger partial charge on any atom is -0.378 e. The Hall–Kier alpha value is -2.28. The van der Waals surface area contributed by atoms with Gasteiger partial charge < -0.3 is 56.8 Å². The highest BCUT2D eigenvalue weighted by atomic mass is 16.5. The fourth-order valence-corrected chi connectivity index (χ4v) is 12.3. The summed E-state index contributed by atoms with van der Waals surface area (Å²) in [5.41, 5.74) is 2.73. The van der Waals surface area contributed by atoms with Crippen LogP contribution < -0.4 is 0 Å². The van der Waals surface area contributed by atoms with Crippen molar-refractivity contribution in [2.24, 2.45) is 0 Å². The van der Waals surface area contributed by atoms with Crippen LogP contribution in [-0.4, -0.2) is 306 Å². The van der Waals surface area contributed by atoms with Crippen LogP contribution in [0.2, 0.25) is 0 Å². The van der Waals surface area contributed by atoms with E-state index >= 15 is 0 Å². The fraction of sp³-hybridized carbons (Fsp3) is 0.842. The Kier molecular flexibility index (Phi) is 55.2. The monoisotopic (exact) mass is 1330 g/mol. The molecule has 0 N–H and O–H groups in total. The first kappa shape index (κ1) is 82.4. The molecule has 3 aliphatic rings. The molecule has 2 aromatic rings. The second kappa shape index (κ2) is 62.9. The largest absolute Gasteiger partial charge is 0.378 e. The van der Waals surface area contributed by atoms with Gasteiger partial charge in [-0.3, -0.25) is 29.4 Å². The van der Waals surface area contributed by atoms with Gasteiger partial charge in [0, 0.05) is 91.6 Å². The molecule has 5 rings (SSSR count). The van der Waals surface area contributed by atoms with Crippen LogP contribution in [0.3, 0.4) is 0 Å². The number of rotatable bonds is 32. The lowest BCUT2D eigenvalue weighted by molar-refractivity contribution is 0.00776. The first-order valence-corrected chi connectivity index (χ1v) is 38.1. The Labute approximate surface area is 573 Å². The smallest absolute Gasteiger partial charge is 0.0701 e. The Morgan fingerprint density at radius 1 is 0.170 bits per heavy atom. The summed E-state index contributed by atoms with van der Waals surface area (Å²) in [6.45, 7) is 33.9. The van der Waals surface area contributed by atoms with Crippen LogP contribution in [0, 0.1) is 0 Å². The summed E-state index contributed by atoms with van der Waals surface area (Å²) in [4.78, 5) is 14.9. The molecule has 2 aromatic carbocycles. The SMILES string of the molecule is c1ccc(CCN2CCOCCOCCN(CCCCCCCCCCCCN3CCOCCOCCN(CCCCCCCCCCCCN4CCOCCOCCN(CCc5ccccc5)CCOCCOCC4)CCOCCOCC3)CCOCCOCC2)cc1. The predicted molar refractivity (Wildman–Crippen MR) is 381 cm³/mol. The van der Waals surface area contributed by atoms with Crippen LogP contribution in [0.1, 0.15) is 140 Å². The first-order chi connectivity index (χ1) is 46.8. The van der Waals surface area contributed by atoms with Crippen LogP contribution >= 0.6 is 0 Å². The lowest BCUT2D eigenvalue weighted by Crippen LogP contribution is -2.34. The Bertz CT molecular complexity index is 1690. The van der Waals surface area contributed by atoms with Crippen molar-refractivity contribution in [1.29, 1.82) is 0 Å². The number of hydrogen-bond donors (Lipinski definition) is 0. The highest BCUT2D eigenvalue weighted by Gasteiger charge is 2.13. The van der Waals surface area contributed by atoms with E-state index in [0.29, 0.717) is 106 Å². The van der Waals surface area contributed by atoms with Gasteiger partial charge in [-0.2, -0.15) is 0 Å². The fourth-order valence-electron chi connectivity index (χ4n) is 12.3. The second-order valence-electron chi connectivity index (χ2n) is 25.9. The van der Waals surface area contributed by atoms with E-state index in [-0.39, 0.29) is 0 Å². The predicted octanol–water partition coefficient (Wildman–Crippen LogP) is 10.3. The van der Waals surface area contributed by atoms with Gasteiger partial charge in [0.2, 0.25) is 0 Å². The third kappa shape index (κ3) is 49.3. The van der Waals surface area contributed by atoms with E-state index in [9.17, 15) is 0 Å². The van der Waals surface area contributed by atoms with Gasteiger partial charge in [0.1, 0.15) is 0 Å². The zero-order valence-corrected chi connectivity index (χ0v) is 59.6. The number of ether oxygens (including phenoxy) is 12. The molecular weight excluding hydrogens is 1190 g/mol. The van der Waals surface area contributed by atoms with Crippen molar-refractivity contribution >= 4 is 0 Å². The van der Waals surface area contributed by atoms with E-state index in [1.54, 1.807) is 0 Å². The van der Waals surface area contributed by atoms with Crippen molar-refractivity contribution in [3.05, 3.63) is 71.8 Å². The van der Waals surface area contributed by atoms with E-state index in [4.69, 9.17) is 56.8 Å². The molecule has 3 fully saturated rings. The highest BCUT2D eigenvalue weighted by molar-refractivity contribution is 5.15. The molecule has 0 aromatic heterocycles. The van der Waals surface area contributed by atoms with Crippen LogP contribution in [0.5, 0.6) is 0 Å². The normalized spacial score (nSPS) is 20.5. The maximum Gasteiger partial charge on any atom is 0.0701 e. The van der Waals surface area contributed by atoms with Crippen LogP contribution in [0.15, 0.2) is 60.7 Å². The molecule has 0 amide bonds. The minimum atomic E-state index is 0.637. The molecule has 18 heteroatoms. The zero-order chi connectivity index (χ0) is 65.4. The molecule has 0 spiro atoms. The van der Waals surface area contributed by atoms with Crippen LogP contribution in [-0.2, 0) is 69.7 Å². The minimum absolute atomic E-state index is 0.637. The summed E-state index contributed by atoms with van der Waals surface area (Å²) in [6.07, 6.45) is 28.1. The summed E-state index contributed by atoms with van der Waals surface area (Å²) >= 11 is 0. The van der Waals surface area contributed by atoms with E-state index in [1.165, 1.54) is 140 Å². The Balaban J connectivity index is 0.786. The van der Waals surface area contributed by atoms with Gasteiger partial charge in [0.05, 0.1) is 159 Å². The van der Waals surface area contributed by atoms with E-state index in [2.05, 4.69) is 90.1 Å². The van der Waals surface area contributed by atoms with Gasteiger partial charge in [0.25, 0.3) is 0 Å². The number of unbranched alkanes of at least 4 members (excludes halogenated alkanes) is 18. The number of hydrogen-bond acceptors (Lipinski definition) is 18. The summed E-state index contributed by atoms with van der Waals surface area (Å²) in [5.74, 6) is 0. The molecule has 544 valence electrons. The van der Waals surface area contributed by atoms with Crippen LogP contribution in [0.4, 0.5) is 0 Å². The second-order valence-corrected chi connectivity index (χ2v) is 25.9. The molecular formula is C76H138N6O12. The van der Waals surface area contributed by atoms with Crippen molar-refractivity contribution < 1.29 is 56.8 Å². The van der Waals surface area contributed by atoms with Crippen molar-refractivity contribution in [1.82, 2.24) is 29.4 Å². The molecule has 3 saturated heterocycles. The summed E-state index contributed by atoms with van der Waals surface area (Å²) in [5, 5.41) is 0. The molecule has 0 saturated carbocycles. The molecule has 0 atom stereocenters. The quantitative estimate of drug-likeness (QED) is 0.0644. The maximum atomic E-state index is 6.07. The number of nitrogens with zero attached hydrogens (tertiary/aromatic N) is 6. The van der Waals surface area contributed by atoms with Gasteiger partial charge in [-0.25, -0.2) is 0 Å². The van der Waals surface area contributed by atoms with Crippen molar-refractivity contribution in [3.8, 4) is 0 Å². The van der Waals surface area contributed by atoms with E-state index in [1.807, 2.05) is 0 Å². The van der Waals surface area contributed by atoms with Gasteiger partial charge in [-0.15, -0.1) is 0 Å². The zero-order valence-electron chi connectivity index (χ0n) is 59.6. The highest BCUT2D eigenvalue weighted by Crippen LogP contribution is 2.15. The summed E-state index contributed by atoms with van der Waals surface area (Å²) in [7, 11) is 0. The molecule has 0 unspecified atom stereocenters. The summed E-state index contributed by atoms with van der Waals surface area (Å²) in [6, 6.07) is 21.4. The molecule has 0 aliphatic carbocycles. The van der Waals surface area contributed by atoms with Gasteiger partial charge >= 0.3 is 0 Å². The molecule has 3 heterocycles. The molecule has 3 aliphatic heterocycles. The number of benzene rings is 2. The third-order valence-corrected chi connectivity index (χ3v) is 18.4. The lowest BCUT2D eigenvalue weighted by atomic mass is 10.1. The third-order valence-electron chi connectivity index (χ3n) is 18.4. The van der Waals surface area contributed by atoms with E-state index in [0.717, 1.165) is 184 Å². The van der Waals surface area contributed by atoms with Crippen molar-refractivity contribution in [3.63, 3.8) is 0 Å². The van der Waals surface area contributed by atoms with Crippen molar-refractivity contribution in [2.45, 2.75) is 141 Å². The maximum absolute atomic E-state index is 6.07. The molecule has 94 heavy (non-hydrogen) atoms.